The van der Waals surface area contributed by atoms with Gasteiger partial charge in [-0.05, 0) is 0 Å². The lowest BCUT2D eigenvalue weighted by Gasteiger charge is -2.19. The van der Waals surface area contributed by atoms with Crippen LogP contribution >= 0.6 is 12.2 Å². The molecule has 2 N–H and O–H groups in total. The van der Waals surface area contributed by atoms with Crippen molar-refractivity contribution in [2.75, 3.05) is 13.2 Å². The number of ether oxygens (including phenoxy) is 2. The number of nitrogens with zero attached hydrogens (tertiary/aromatic N) is 2. The van der Waals surface area contributed by atoms with Crippen LogP contribution in [0, 0.1) is 5.92 Å². The third kappa shape index (κ3) is 2.63. The van der Waals surface area contributed by atoms with Crippen LogP contribution in [0.15, 0.2) is 12.1 Å². The molecule has 3 rings (SSSR count). The fourth-order valence-corrected chi connectivity index (χ4v) is 2.75. The Morgan fingerprint density at radius 1 is 1.27 bits per heavy atom. The van der Waals surface area contributed by atoms with Gasteiger partial charge in [0.1, 0.15) is 19.0 Å². The molecule has 1 aliphatic rings. The predicted molar refractivity (Wildman–Crippen MR) is 90.8 cm³/mol. The Balaban J connectivity index is 2.14. The van der Waals surface area contributed by atoms with Crippen LogP contribution in [-0.2, 0) is 6.54 Å². The van der Waals surface area contributed by atoms with Crippen LogP contribution in [-0.4, -0.2) is 27.8 Å². The van der Waals surface area contributed by atoms with Crippen molar-refractivity contribution in [2.45, 2.75) is 33.2 Å². The lowest BCUT2D eigenvalue weighted by atomic mass is 10.1. The first-order chi connectivity index (χ1) is 10.5. The molecule has 22 heavy (non-hydrogen) atoms. The first kappa shape index (κ1) is 15.1. The molecule has 0 aliphatic carbocycles. The summed E-state index contributed by atoms with van der Waals surface area (Å²) in [6.45, 7) is 8.18. The zero-order valence-electron chi connectivity index (χ0n) is 13.1. The van der Waals surface area contributed by atoms with Gasteiger partial charge in [-0.25, -0.2) is 4.98 Å². The van der Waals surface area contributed by atoms with Crippen LogP contribution in [0.1, 0.15) is 32.5 Å². The van der Waals surface area contributed by atoms with E-state index in [1.54, 1.807) is 0 Å². The van der Waals surface area contributed by atoms with Crippen molar-refractivity contribution in [2.24, 2.45) is 11.7 Å². The number of benzene rings is 1. The summed E-state index contributed by atoms with van der Waals surface area (Å²) >= 11 is 5.12. The Kier molecular flexibility index (Phi) is 3.95. The number of hydrogen-bond donors (Lipinski definition) is 1. The van der Waals surface area contributed by atoms with Crippen LogP contribution in [0.5, 0.6) is 11.5 Å². The molecule has 6 heteroatoms. The highest BCUT2D eigenvalue weighted by molar-refractivity contribution is 7.80. The van der Waals surface area contributed by atoms with Crippen LogP contribution in [0.4, 0.5) is 0 Å². The maximum absolute atomic E-state index is 5.79. The van der Waals surface area contributed by atoms with Crippen molar-refractivity contribution < 1.29 is 9.47 Å². The van der Waals surface area contributed by atoms with Gasteiger partial charge in [0, 0.05) is 30.5 Å². The van der Waals surface area contributed by atoms with Crippen LogP contribution < -0.4 is 15.2 Å². The van der Waals surface area contributed by atoms with Crippen molar-refractivity contribution in [1.82, 2.24) is 9.55 Å². The third-order valence-electron chi connectivity index (χ3n) is 3.90. The maximum Gasteiger partial charge on any atom is 0.163 e. The molecule has 2 heterocycles. The zero-order valence-corrected chi connectivity index (χ0v) is 13.9. The Morgan fingerprint density at radius 3 is 2.50 bits per heavy atom. The fourth-order valence-electron chi connectivity index (χ4n) is 2.68. The molecule has 1 atom stereocenters. The molecule has 0 fully saturated rings. The van der Waals surface area contributed by atoms with Gasteiger partial charge in [0.2, 0.25) is 0 Å². The standard InChI is InChI=1S/C16H21N3O2S/c1-9(2)16-18-11-6-13-14(21-5-4-20-13)7-12(11)19(16)8-10(3)15(17)22/h6-7,9-10H,4-5,8H2,1-3H3,(H2,17,22). The molecule has 0 bridgehead atoms. The Bertz CT molecular complexity index is 724. The van der Waals surface area contributed by atoms with Crippen LogP contribution in [0.2, 0.25) is 0 Å². The number of aromatic nitrogens is 2. The highest BCUT2D eigenvalue weighted by Gasteiger charge is 2.20. The van der Waals surface area contributed by atoms with Gasteiger partial charge in [0.15, 0.2) is 11.5 Å². The van der Waals surface area contributed by atoms with Gasteiger partial charge < -0.3 is 19.8 Å². The first-order valence-electron chi connectivity index (χ1n) is 7.56. The van der Waals surface area contributed by atoms with E-state index < -0.39 is 0 Å². The molecule has 0 saturated carbocycles. The van der Waals surface area contributed by atoms with E-state index in [1.165, 1.54) is 0 Å². The molecule has 1 aromatic carbocycles. The number of nitrogens with two attached hydrogens (primary N) is 1. The molecule has 118 valence electrons. The van der Waals surface area contributed by atoms with Crippen molar-refractivity contribution in [3.8, 4) is 11.5 Å². The van der Waals surface area contributed by atoms with E-state index in [1.807, 2.05) is 19.1 Å². The quantitative estimate of drug-likeness (QED) is 0.878. The summed E-state index contributed by atoms with van der Waals surface area (Å²) in [6, 6.07) is 3.96. The van der Waals surface area contributed by atoms with Crippen molar-refractivity contribution in [3.63, 3.8) is 0 Å². The monoisotopic (exact) mass is 319 g/mol. The molecule has 0 radical (unpaired) electrons. The van der Waals surface area contributed by atoms with Gasteiger partial charge in [0.25, 0.3) is 0 Å². The Hall–Kier alpha value is -1.82. The topological polar surface area (TPSA) is 62.3 Å². The van der Waals surface area contributed by atoms with Gasteiger partial charge in [-0.1, -0.05) is 33.0 Å². The molecule has 2 aromatic rings. The minimum Gasteiger partial charge on any atom is -0.486 e. The number of fused-ring (bicyclic) bond motifs is 2. The van der Waals surface area contributed by atoms with E-state index in [9.17, 15) is 0 Å². The first-order valence-corrected chi connectivity index (χ1v) is 7.97. The smallest absolute Gasteiger partial charge is 0.163 e. The SMILES string of the molecule is CC(Cn1c(C(C)C)nc2cc3c(cc21)OCCO3)C(N)=S. The molecule has 0 amide bonds. The second-order valence-corrected chi connectivity index (χ2v) is 6.49. The summed E-state index contributed by atoms with van der Waals surface area (Å²) in [5.41, 5.74) is 7.74. The highest BCUT2D eigenvalue weighted by Crippen LogP contribution is 2.36. The van der Waals surface area contributed by atoms with Crippen LogP contribution in [0.3, 0.4) is 0 Å². The summed E-state index contributed by atoms with van der Waals surface area (Å²) in [5, 5.41) is 0. The van der Waals surface area contributed by atoms with Crippen molar-refractivity contribution in [1.29, 1.82) is 0 Å². The van der Waals surface area contributed by atoms with E-state index in [2.05, 4.69) is 18.4 Å². The van der Waals surface area contributed by atoms with Gasteiger partial charge in [-0.2, -0.15) is 0 Å². The summed E-state index contributed by atoms with van der Waals surface area (Å²) in [6.07, 6.45) is 0. The lowest BCUT2D eigenvalue weighted by molar-refractivity contribution is 0.172. The third-order valence-corrected chi connectivity index (χ3v) is 4.30. The van der Waals surface area contributed by atoms with Gasteiger partial charge in [-0.3, -0.25) is 0 Å². The summed E-state index contributed by atoms with van der Waals surface area (Å²) < 4.78 is 13.5. The van der Waals surface area contributed by atoms with E-state index >= 15 is 0 Å². The number of imidazole rings is 1. The average molecular weight is 319 g/mol. The maximum atomic E-state index is 5.79. The number of rotatable bonds is 4. The molecule has 0 spiro atoms. The van der Waals surface area contributed by atoms with E-state index in [4.69, 9.17) is 32.4 Å². The van der Waals surface area contributed by atoms with Gasteiger partial charge >= 0.3 is 0 Å². The molecule has 1 aliphatic heterocycles. The molecular formula is C16H21N3O2S. The normalized spacial score (nSPS) is 15.3. The lowest BCUT2D eigenvalue weighted by Crippen LogP contribution is -2.24. The Labute approximate surface area is 135 Å². The van der Waals surface area contributed by atoms with E-state index in [-0.39, 0.29) is 5.92 Å². The number of thiocarbonyl (C=S) groups is 1. The van der Waals surface area contributed by atoms with Gasteiger partial charge in [0.05, 0.1) is 16.0 Å². The largest absolute Gasteiger partial charge is 0.486 e. The minimum absolute atomic E-state index is 0.109. The molecule has 1 unspecified atom stereocenters. The van der Waals surface area contributed by atoms with E-state index in [0.29, 0.717) is 24.1 Å². The zero-order chi connectivity index (χ0) is 15.9. The summed E-state index contributed by atoms with van der Waals surface area (Å²) in [4.78, 5) is 5.30. The Morgan fingerprint density at radius 2 is 1.91 bits per heavy atom. The number of hydrogen-bond acceptors (Lipinski definition) is 4. The average Bonchev–Trinajstić information content (AvgIpc) is 2.83. The molecule has 0 saturated heterocycles. The summed E-state index contributed by atoms with van der Waals surface area (Å²) in [5.74, 6) is 2.99. The highest BCUT2D eigenvalue weighted by atomic mass is 32.1. The molecule has 5 nitrogen and oxygen atoms in total. The van der Waals surface area contributed by atoms with Crippen LogP contribution in [0.25, 0.3) is 11.0 Å². The fraction of sp³-hybridized carbons (Fsp3) is 0.500. The predicted octanol–water partition coefficient (Wildman–Crippen LogP) is 2.85. The van der Waals surface area contributed by atoms with Crippen molar-refractivity contribution >= 4 is 28.2 Å². The van der Waals surface area contributed by atoms with Gasteiger partial charge in [-0.15, -0.1) is 0 Å². The molecular weight excluding hydrogens is 298 g/mol. The second-order valence-electron chi connectivity index (χ2n) is 6.02. The summed E-state index contributed by atoms with van der Waals surface area (Å²) in [7, 11) is 0. The second kappa shape index (κ2) is 5.76. The van der Waals surface area contributed by atoms with E-state index in [0.717, 1.165) is 34.9 Å². The van der Waals surface area contributed by atoms with Crippen molar-refractivity contribution in [3.05, 3.63) is 18.0 Å². The molecule has 1 aromatic heterocycles. The minimum atomic E-state index is 0.109.